The van der Waals surface area contributed by atoms with Crippen molar-refractivity contribution in [1.29, 1.82) is 0 Å². The van der Waals surface area contributed by atoms with Gasteiger partial charge < -0.3 is 9.47 Å². The first kappa shape index (κ1) is 18.7. The summed E-state index contributed by atoms with van der Waals surface area (Å²) in [7, 11) is 0. The molecule has 156 valence electrons. The topological polar surface area (TPSA) is 11.4 Å². The molecule has 3 atom stereocenters. The minimum atomic E-state index is 0.880. The molecule has 3 heteroatoms. The predicted octanol–water partition coefficient (Wildman–Crippen LogP) is 5.14. The molecule has 0 unspecified atom stereocenters. The molecule has 1 aromatic heterocycles. The van der Waals surface area contributed by atoms with Crippen LogP contribution in [0.15, 0.2) is 54.6 Å². The van der Waals surface area contributed by atoms with Crippen molar-refractivity contribution in [2.24, 2.45) is 17.8 Å². The third kappa shape index (κ3) is 3.19. The highest BCUT2D eigenvalue weighted by molar-refractivity contribution is 6.08. The number of benzene rings is 2. The monoisotopic (exact) mass is 399 g/mol. The van der Waals surface area contributed by atoms with Crippen LogP contribution < -0.4 is 0 Å². The van der Waals surface area contributed by atoms with E-state index in [-0.39, 0.29) is 0 Å². The zero-order chi connectivity index (χ0) is 20.1. The van der Waals surface area contributed by atoms with Crippen molar-refractivity contribution in [2.45, 2.75) is 32.9 Å². The molecule has 1 aliphatic heterocycles. The molecule has 2 aliphatic carbocycles. The van der Waals surface area contributed by atoms with Gasteiger partial charge in [0.1, 0.15) is 0 Å². The number of rotatable bonds is 5. The van der Waals surface area contributed by atoms with E-state index in [9.17, 15) is 0 Å². The molecule has 2 fully saturated rings. The Bertz CT molecular complexity index is 1090. The second kappa shape index (κ2) is 7.55. The fourth-order valence-corrected chi connectivity index (χ4v) is 6.36. The van der Waals surface area contributed by atoms with Crippen molar-refractivity contribution in [2.75, 3.05) is 32.7 Å². The van der Waals surface area contributed by atoms with Crippen LogP contribution in [-0.4, -0.2) is 47.1 Å². The van der Waals surface area contributed by atoms with Crippen LogP contribution >= 0.6 is 0 Å². The summed E-state index contributed by atoms with van der Waals surface area (Å²) in [5.74, 6) is 2.70. The molecule has 3 aromatic rings. The number of fused-ring (bicyclic) bond motifs is 5. The zero-order valence-electron chi connectivity index (χ0n) is 18.1. The van der Waals surface area contributed by atoms with Crippen LogP contribution in [0.1, 0.15) is 25.3 Å². The largest absolute Gasteiger partial charge is 0.341 e. The average Bonchev–Trinajstić information content (AvgIpc) is 3.48. The standard InChI is InChI=1S/C27H33N3/c1-2-30-26-6-4-3-5-24(26)25-17-21(8-10-27(25)30)18-28-11-13-29(14-12-28)19-23-16-20-7-9-22(23)15-20/h3-10,17,20,22-23H,2,11-16,18-19H2,1H3/t20-,22+,23-/m1/s1. The summed E-state index contributed by atoms with van der Waals surface area (Å²) in [6.07, 6.45) is 7.84. The first-order valence-corrected chi connectivity index (χ1v) is 11.9. The number of aromatic nitrogens is 1. The summed E-state index contributed by atoms with van der Waals surface area (Å²) in [6.45, 7) is 10.5. The molecule has 2 aromatic carbocycles. The smallest absolute Gasteiger partial charge is 0.0491 e. The summed E-state index contributed by atoms with van der Waals surface area (Å²) in [4.78, 5) is 5.38. The zero-order valence-corrected chi connectivity index (χ0v) is 18.1. The lowest BCUT2D eigenvalue weighted by molar-refractivity contribution is 0.108. The molecule has 30 heavy (non-hydrogen) atoms. The minimum Gasteiger partial charge on any atom is -0.341 e. The van der Waals surface area contributed by atoms with E-state index in [4.69, 9.17) is 0 Å². The summed E-state index contributed by atoms with van der Waals surface area (Å²) in [5.41, 5.74) is 4.18. The summed E-state index contributed by atoms with van der Waals surface area (Å²) in [5, 5.41) is 2.80. The maximum absolute atomic E-state index is 2.73. The first-order chi connectivity index (χ1) is 14.8. The van der Waals surface area contributed by atoms with Gasteiger partial charge in [0.2, 0.25) is 0 Å². The fraction of sp³-hybridized carbons (Fsp3) is 0.481. The number of allylic oxidation sites excluding steroid dienone is 2. The molecule has 0 radical (unpaired) electrons. The van der Waals surface area contributed by atoms with Crippen molar-refractivity contribution in [3.63, 3.8) is 0 Å². The number of piperazine rings is 1. The average molecular weight is 400 g/mol. The second-order valence-electron chi connectivity index (χ2n) is 9.73. The molecule has 2 bridgehead atoms. The molecular formula is C27H33N3. The molecule has 3 aliphatic rings. The first-order valence-electron chi connectivity index (χ1n) is 11.9. The SMILES string of the molecule is CCn1c2ccccc2c2cc(CN3CCN(C[C@H]4C[C@@H]5C=C[C@H]4C5)CC3)ccc21. The molecular weight excluding hydrogens is 366 g/mol. The Labute approximate surface area is 180 Å². The fourth-order valence-electron chi connectivity index (χ4n) is 6.36. The van der Waals surface area contributed by atoms with Gasteiger partial charge in [-0.2, -0.15) is 0 Å². The van der Waals surface area contributed by atoms with Gasteiger partial charge in [-0.1, -0.05) is 36.4 Å². The van der Waals surface area contributed by atoms with Crippen molar-refractivity contribution in [3.05, 3.63) is 60.2 Å². The van der Waals surface area contributed by atoms with E-state index in [1.54, 1.807) is 0 Å². The van der Waals surface area contributed by atoms with Crippen LogP contribution in [0.2, 0.25) is 0 Å². The molecule has 2 heterocycles. The van der Waals surface area contributed by atoms with E-state index in [0.717, 1.165) is 30.8 Å². The van der Waals surface area contributed by atoms with E-state index in [1.807, 2.05) is 0 Å². The number of hydrogen-bond acceptors (Lipinski definition) is 2. The summed E-state index contributed by atoms with van der Waals surface area (Å²) >= 11 is 0. The van der Waals surface area contributed by atoms with Crippen molar-refractivity contribution < 1.29 is 0 Å². The molecule has 3 nitrogen and oxygen atoms in total. The lowest BCUT2D eigenvalue weighted by Crippen LogP contribution is -2.47. The maximum atomic E-state index is 2.73. The Morgan fingerprint density at radius 1 is 0.833 bits per heavy atom. The van der Waals surface area contributed by atoms with E-state index >= 15 is 0 Å². The summed E-state index contributed by atoms with van der Waals surface area (Å²) in [6, 6.07) is 16.0. The van der Waals surface area contributed by atoms with Gasteiger partial charge in [0, 0.05) is 67.6 Å². The molecule has 0 N–H and O–H groups in total. The highest BCUT2D eigenvalue weighted by atomic mass is 15.3. The van der Waals surface area contributed by atoms with Gasteiger partial charge in [-0.05, 0) is 61.3 Å². The van der Waals surface area contributed by atoms with Crippen LogP contribution in [0.5, 0.6) is 0 Å². The van der Waals surface area contributed by atoms with Gasteiger partial charge >= 0.3 is 0 Å². The Hall–Kier alpha value is -2.10. The third-order valence-electron chi connectivity index (χ3n) is 7.93. The van der Waals surface area contributed by atoms with Gasteiger partial charge in [-0.3, -0.25) is 4.90 Å². The molecule has 0 spiro atoms. The Morgan fingerprint density at radius 2 is 1.63 bits per heavy atom. The Balaban J connectivity index is 1.13. The van der Waals surface area contributed by atoms with Gasteiger partial charge in [0.15, 0.2) is 0 Å². The van der Waals surface area contributed by atoms with Crippen LogP contribution in [-0.2, 0) is 13.1 Å². The molecule has 1 saturated carbocycles. The van der Waals surface area contributed by atoms with Crippen molar-refractivity contribution in [1.82, 2.24) is 14.4 Å². The minimum absolute atomic E-state index is 0.880. The number of nitrogens with zero attached hydrogens (tertiary/aromatic N) is 3. The van der Waals surface area contributed by atoms with E-state index < -0.39 is 0 Å². The molecule has 6 rings (SSSR count). The van der Waals surface area contributed by atoms with Gasteiger partial charge in [-0.15, -0.1) is 0 Å². The Morgan fingerprint density at radius 3 is 2.40 bits per heavy atom. The number of aryl methyl sites for hydroxylation is 1. The third-order valence-corrected chi connectivity index (χ3v) is 7.93. The Kier molecular flexibility index (Phi) is 4.69. The number of hydrogen-bond donors (Lipinski definition) is 0. The lowest BCUT2D eigenvalue weighted by atomic mass is 9.93. The predicted molar refractivity (Wildman–Crippen MR) is 126 cm³/mol. The van der Waals surface area contributed by atoms with Crippen LogP contribution in [0, 0.1) is 17.8 Å². The lowest BCUT2D eigenvalue weighted by Gasteiger charge is -2.37. The highest BCUT2D eigenvalue weighted by Crippen LogP contribution is 2.43. The molecule has 0 amide bonds. The van der Waals surface area contributed by atoms with Crippen LogP contribution in [0.25, 0.3) is 21.8 Å². The number of para-hydroxylation sites is 1. The quantitative estimate of drug-likeness (QED) is 0.550. The highest BCUT2D eigenvalue weighted by Gasteiger charge is 2.36. The van der Waals surface area contributed by atoms with E-state index in [2.05, 4.69) is 75.9 Å². The normalized spacial score (nSPS) is 27.0. The maximum Gasteiger partial charge on any atom is 0.0491 e. The van der Waals surface area contributed by atoms with E-state index in [1.165, 1.54) is 72.9 Å². The van der Waals surface area contributed by atoms with E-state index in [0.29, 0.717) is 0 Å². The second-order valence-corrected chi connectivity index (χ2v) is 9.73. The van der Waals surface area contributed by atoms with Crippen LogP contribution in [0.3, 0.4) is 0 Å². The van der Waals surface area contributed by atoms with Crippen molar-refractivity contribution >= 4 is 21.8 Å². The summed E-state index contributed by atoms with van der Waals surface area (Å²) < 4.78 is 2.44. The van der Waals surface area contributed by atoms with Crippen LogP contribution in [0.4, 0.5) is 0 Å². The van der Waals surface area contributed by atoms with Gasteiger partial charge in [-0.25, -0.2) is 0 Å². The van der Waals surface area contributed by atoms with Crippen molar-refractivity contribution in [3.8, 4) is 0 Å². The van der Waals surface area contributed by atoms with Gasteiger partial charge in [0.05, 0.1) is 0 Å². The molecule has 1 saturated heterocycles. The van der Waals surface area contributed by atoms with Gasteiger partial charge in [0.25, 0.3) is 0 Å².